The molecule has 0 N–H and O–H groups in total. The van der Waals surface area contributed by atoms with Crippen LogP contribution in [0.2, 0.25) is 0 Å². The number of hydrogen-bond acceptors (Lipinski definition) is 2. The molecule has 2 saturated heterocycles. The van der Waals surface area contributed by atoms with Crippen molar-refractivity contribution in [3.63, 3.8) is 0 Å². The summed E-state index contributed by atoms with van der Waals surface area (Å²) in [6.07, 6.45) is 27.4. The predicted octanol–water partition coefficient (Wildman–Crippen LogP) is 9.33. The molecule has 2 fully saturated rings. The zero-order chi connectivity index (χ0) is 24.5. The van der Waals surface area contributed by atoms with E-state index in [2.05, 4.69) is 37.5 Å². The third-order valence-electron chi connectivity index (χ3n) is 9.25. The highest BCUT2D eigenvalue weighted by atomic mass is 15.2. The molecule has 0 aromatic carbocycles. The number of unbranched alkanes of at least 4 members (excludes halogenated alkanes) is 7. The second-order valence-corrected chi connectivity index (χ2v) is 12.5. The third-order valence-corrected chi connectivity index (χ3v) is 9.25. The fourth-order valence-corrected chi connectivity index (χ4v) is 6.84. The summed E-state index contributed by atoms with van der Waals surface area (Å²) in [4.78, 5) is 5.66. The lowest BCUT2D eigenvalue weighted by Gasteiger charge is -2.54. The van der Waals surface area contributed by atoms with E-state index >= 15 is 0 Å². The van der Waals surface area contributed by atoms with Crippen LogP contribution in [0.25, 0.3) is 0 Å². The van der Waals surface area contributed by atoms with Gasteiger partial charge in [-0.05, 0) is 75.4 Å². The summed E-state index contributed by atoms with van der Waals surface area (Å²) in [5.74, 6) is 1.97. The van der Waals surface area contributed by atoms with Crippen LogP contribution in [0.3, 0.4) is 0 Å². The van der Waals surface area contributed by atoms with Gasteiger partial charge in [-0.3, -0.25) is 0 Å². The molecule has 1 atom stereocenters. The zero-order valence-electron chi connectivity index (χ0n) is 24.2. The summed E-state index contributed by atoms with van der Waals surface area (Å²) < 4.78 is 0. The van der Waals surface area contributed by atoms with Gasteiger partial charge in [0.1, 0.15) is 0 Å². The SMILES string of the molecule is CCCCCCC(CCCCC)CN1CCC2(CC1)CN(CCCC(CCCC)CCCC)C2. The maximum absolute atomic E-state index is 2.86. The van der Waals surface area contributed by atoms with Crippen LogP contribution >= 0.6 is 0 Å². The molecule has 0 aromatic heterocycles. The van der Waals surface area contributed by atoms with Gasteiger partial charge in [-0.1, -0.05) is 111 Å². The first kappa shape index (κ1) is 30.1. The van der Waals surface area contributed by atoms with Gasteiger partial charge in [-0.2, -0.15) is 0 Å². The van der Waals surface area contributed by atoms with Crippen LogP contribution in [0.1, 0.15) is 150 Å². The smallest absolute Gasteiger partial charge is 0.00514 e. The van der Waals surface area contributed by atoms with Gasteiger partial charge in [-0.15, -0.1) is 0 Å². The molecule has 1 unspecified atom stereocenters. The molecular weight excluding hydrogens is 412 g/mol. The van der Waals surface area contributed by atoms with E-state index in [0.29, 0.717) is 5.41 Å². The summed E-state index contributed by atoms with van der Waals surface area (Å²) in [5.41, 5.74) is 0.694. The second-order valence-electron chi connectivity index (χ2n) is 12.5. The maximum atomic E-state index is 2.86. The van der Waals surface area contributed by atoms with Gasteiger partial charge < -0.3 is 9.80 Å². The van der Waals surface area contributed by atoms with E-state index < -0.39 is 0 Å². The highest BCUT2D eigenvalue weighted by Crippen LogP contribution is 2.41. The lowest BCUT2D eigenvalue weighted by molar-refractivity contribution is -0.0496. The van der Waals surface area contributed by atoms with Crippen molar-refractivity contribution in [2.75, 3.05) is 39.3 Å². The van der Waals surface area contributed by atoms with Gasteiger partial charge in [0, 0.05) is 19.6 Å². The van der Waals surface area contributed by atoms with Crippen LogP contribution in [0, 0.1) is 17.3 Å². The quantitative estimate of drug-likeness (QED) is 0.152. The molecule has 0 aliphatic carbocycles. The Morgan fingerprint density at radius 2 is 1.03 bits per heavy atom. The van der Waals surface area contributed by atoms with E-state index in [0.717, 1.165) is 11.8 Å². The zero-order valence-corrected chi connectivity index (χ0v) is 24.2. The third kappa shape index (κ3) is 11.8. The van der Waals surface area contributed by atoms with Crippen molar-refractivity contribution in [3.8, 4) is 0 Å². The van der Waals surface area contributed by atoms with Gasteiger partial charge in [0.05, 0.1) is 0 Å². The van der Waals surface area contributed by atoms with Gasteiger partial charge >= 0.3 is 0 Å². The van der Waals surface area contributed by atoms with Crippen LogP contribution < -0.4 is 0 Å². The molecule has 34 heavy (non-hydrogen) atoms. The first-order valence-electron chi connectivity index (χ1n) is 16.1. The van der Waals surface area contributed by atoms with Crippen LogP contribution in [0.4, 0.5) is 0 Å². The van der Waals surface area contributed by atoms with Crippen LogP contribution in [0.15, 0.2) is 0 Å². The molecule has 2 nitrogen and oxygen atoms in total. The van der Waals surface area contributed by atoms with Gasteiger partial charge in [-0.25, -0.2) is 0 Å². The lowest BCUT2D eigenvalue weighted by Crippen LogP contribution is -2.60. The minimum absolute atomic E-state index is 0.694. The molecule has 2 heteroatoms. The minimum atomic E-state index is 0.694. The molecule has 0 radical (unpaired) electrons. The highest BCUT2D eigenvalue weighted by Gasteiger charge is 2.44. The largest absolute Gasteiger partial charge is 0.303 e. The lowest BCUT2D eigenvalue weighted by atomic mass is 9.71. The molecular formula is C32H64N2. The predicted molar refractivity (Wildman–Crippen MR) is 153 cm³/mol. The topological polar surface area (TPSA) is 6.48 Å². The highest BCUT2D eigenvalue weighted by molar-refractivity contribution is 4.98. The molecule has 2 rings (SSSR count). The van der Waals surface area contributed by atoms with Crippen molar-refractivity contribution < 1.29 is 0 Å². The molecule has 1 spiro atoms. The fourth-order valence-electron chi connectivity index (χ4n) is 6.84. The molecule has 0 saturated carbocycles. The van der Waals surface area contributed by atoms with Gasteiger partial charge in [0.2, 0.25) is 0 Å². The maximum Gasteiger partial charge on any atom is 0.00514 e. The van der Waals surface area contributed by atoms with E-state index in [-0.39, 0.29) is 0 Å². The van der Waals surface area contributed by atoms with E-state index in [4.69, 9.17) is 0 Å². The normalized spacial score (nSPS) is 19.7. The molecule has 2 aliphatic heterocycles. The van der Waals surface area contributed by atoms with E-state index in [1.54, 1.807) is 0 Å². The Hall–Kier alpha value is -0.0800. The summed E-state index contributed by atoms with van der Waals surface area (Å²) >= 11 is 0. The Morgan fingerprint density at radius 3 is 1.62 bits per heavy atom. The van der Waals surface area contributed by atoms with E-state index in [1.165, 1.54) is 161 Å². The first-order valence-corrected chi connectivity index (χ1v) is 16.1. The fraction of sp³-hybridized carbons (Fsp3) is 1.00. The average Bonchev–Trinajstić information content (AvgIpc) is 2.83. The summed E-state index contributed by atoms with van der Waals surface area (Å²) in [7, 11) is 0. The monoisotopic (exact) mass is 477 g/mol. The number of rotatable bonds is 21. The Morgan fingerprint density at radius 1 is 0.529 bits per heavy atom. The number of likely N-dealkylation sites (tertiary alicyclic amines) is 2. The van der Waals surface area contributed by atoms with Crippen molar-refractivity contribution in [1.82, 2.24) is 9.80 Å². The molecule has 0 amide bonds. The van der Waals surface area contributed by atoms with E-state index in [9.17, 15) is 0 Å². The first-order chi connectivity index (χ1) is 16.6. The van der Waals surface area contributed by atoms with Crippen molar-refractivity contribution in [2.45, 2.75) is 150 Å². The van der Waals surface area contributed by atoms with Crippen LogP contribution in [-0.2, 0) is 0 Å². The van der Waals surface area contributed by atoms with Crippen molar-refractivity contribution in [1.29, 1.82) is 0 Å². The Labute approximate surface area is 216 Å². The second kappa shape index (κ2) is 18.2. The van der Waals surface area contributed by atoms with Crippen molar-refractivity contribution in [2.24, 2.45) is 17.3 Å². The van der Waals surface area contributed by atoms with Crippen molar-refractivity contribution >= 4 is 0 Å². The summed E-state index contributed by atoms with van der Waals surface area (Å²) in [5, 5.41) is 0. The van der Waals surface area contributed by atoms with Gasteiger partial charge in [0.25, 0.3) is 0 Å². The van der Waals surface area contributed by atoms with Crippen LogP contribution in [-0.4, -0.2) is 49.1 Å². The molecule has 2 aliphatic rings. The molecule has 0 bridgehead atoms. The molecule has 0 aromatic rings. The number of piperidine rings is 1. The molecule has 2 heterocycles. The summed E-state index contributed by atoms with van der Waals surface area (Å²) in [6, 6.07) is 0. The standard InChI is InChI=1S/C32H64N2/c1-5-9-13-15-20-31(19-14-10-6-2)27-33-25-22-32(23-26-33)28-34(29-32)24-16-21-30(17-11-7-3)18-12-8-4/h30-31H,5-29H2,1-4H3. The molecule has 202 valence electrons. The Balaban J connectivity index is 1.63. The Bertz CT molecular complexity index is 452. The van der Waals surface area contributed by atoms with Crippen molar-refractivity contribution in [3.05, 3.63) is 0 Å². The minimum Gasteiger partial charge on any atom is -0.303 e. The van der Waals surface area contributed by atoms with Gasteiger partial charge in [0.15, 0.2) is 0 Å². The van der Waals surface area contributed by atoms with Crippen LogP contribution in [0.5, 0.6) is 0 Å². The van der Waals surface area contributed by atoms with E-state index in [1.807, 2.05) is 0 Å². The average molecular weight is 477 g/mol. The number of nitrogens with zero attached hydrogens (tertiary/aromatic N) is 2. The number of hydrogen-bond donors (Lipinski definition) is 0. The Kier molecular flexibility index (Phi) is 16.1. The summed E-state index contributed by atoms with van der Waals surface area (Å²) in [6.45, 7) is 17.7.